The van der Waals surface area contributed by atoms with E-state index >= 15 is 0 Å². The van der Waals surface area contributed by atoms with Crippen LogP contribution >= 0.6 is 0 Å². The molecular weight excluding hydrogens is 192 g/mol. The smallest absolute Gasteiger partial charge is 0.0320 e. The van der Waals surface area contributed by atoms with Crippen molar-refractivity contribution in [2.75, 3.05) is 0 Å². The van der Waals surface area contributed by atoms with E-state index in [1.165, 1.54) is 31.3 Å². The second-order valence-electron chi connectivity index (χ2n) is 5.84. The van der Waals surface area contributed by atoms with Crippen LogP contribution in [0.15, 0.2) is 23.3 Å². The summed E-state index contributed by atoms with van der Waals surface area (Å²) in [4.78, 5) is 0. The molecule has 0 heteroatoms. The number of hydrogen-bond acceptors (Lipinski definition) is 0. The minimum atomic E-state index is 0.810. The van der Waals surface area contributed by atoms with Gasteiger partial charge in [0.25, 0.3) is 0 Å². The van der Waals surface area contributed by atoms with Gasteiger partial charge in [0.2, 0.25) is 0 Å². The van der Waals surface area contributed by atoms with E-state index in [0.717, 1.165) is 11.8 Å². The fourth-order valence-corrected chi connectivity index (χ4v) is 1.57. The minimum absolute atomic E-state index is 0.810. The Labute approximate surface area is 103 Å². The van der Waals surface area contributed by atoms with Gasteiger partial charge in [0.05, 0.1) is 0 Å². The molecule has 0 aromatic heterocycles. The van der Waals surface area contributed by atoms with Gasteiger partial charge in [-0.15, -0.1) is 0 Å². The normalized spacial score (nSPS) is 19.7. The lowest BCUT2D eigenvalue weighted by Gasteiger charge is -2.14. The van der Waals surface area contributed by atoms with Crippen LogP contribution in [0.2, 0.25) is 0 Å². The summed E-state index contributed by atoms with van der Waals surface area (Å²) in [7, 11) is 0. The molecule has 0 heterocycles. The first-order valence-electron chi connectivity index (χ1n) is 6.70. The molecule has 1 atom stereocenters. The van der Waals surface area contributed by atoms with Gasteiger partial charge >= 0.3 is 0 Å². The Hall–Kier alpha value is -0.520. The predicted molar refractivity (Wildman–Crippen MR) is 75.7 cm³/mol. The maximum absolute atomic E-state index is 2.37. The Bertz CT molecular complexity index is 226. The molecule has 0 saturated carbocycles. The fourth-order valence-electron chi connectivity index (χ4n) is 1.57. The maximum Gasteiger partial charge on any atom is -0.0320 e. The van der Waals surface area contributed by atoms with E-state index in [4.69, 9.17) is 0 Å². The van der Waals surface area contributed by atoms with Crippen LogP contribution in [-0.2, 0) is 0 Å². The molecule has 1 rings (SSSR count). The highest BCUT2D eigenvalue weighted by Crippen LogP contribution is 2.21. The molecule has 16 heavy (non-hydrogen) atoms. The van der Waals surface area contributed by atoms with Crippen LogP contribution in [0.5, 0.6) is 0 Å². The van der Waals surface area contributed by atoms with Crippen molar-refractivity contribution in [2.45, 2.75) is 67.2 Å². The zero-order valence-electron chi connectivity index (χ0n) is 12.1. The first kappa shape index (κ1) is 15.5. The summed E-state index contributed by atoms with van der Waals surface area (Å²) in [5.41, 5.74) is 3.02. The summed E-state index contributed by atoms with van der Waals surface area (Å²) < 4.78 is 0. The van der Waals surface area contributed by atoms with Gasteiger partial charge in [0.15, 0.2) is 0 Å². The lowest BCUT2D eigenvalue weighted by Crippen LogP contribution is -1.98. The fraction of sp³-hybridized carbons (Fsp3) is 0.750. The largest absolute Gasteiger partial charge is 0.0856 e. The van der Waals surface area contributed by atoms with Crippen LogP contribution < -0.4 is 0 Å². The summed E-state index contributed by atoms with van der Waals surface area (Å²) in [6.07, 6.45) is 9.93. The Morgan fingerprint density at radius 1 is 1.44 bits per heavy atom. The van der Waals surface area contributed by atoms with Gasteiger partial charge in [-0.05, 0) is 58.3 Å². The zero-order valence-corrected chi connectivity index (χ0v) is 12.1. The van der Waals surface area contributed by atoms with Crippen LogP contribution in [0.4, 0.5) is 0 Å². The van der Waals surface area contributed by atoms with Gasteiger partial charge in [0, 0.05) is 0 Å². The lowest BCUT2D eigenvalue weighted by atomic mass is 9.92. The first-order valence-corrected chi connectivity index (χ1v) is 6.70. The van der Waals surface area contributed by atoms with Gasteiger partial charge in [-0.25, -0.2) is 0 Å². The third-order valence-electron chi connectivity index (χ3n) is 2.90. The summed E-state index contributed by atoms with van der Waals surface area (Å²) in [6, 6.07) is 0. The highest BCUT2D eigenvalue weighted by molar-refractivity contribution is 5.02. The van der Waals surface area contributed by atoms with Crippen molar-refractivity contribution in [1.82, 2.24) is 0 Å². The number of rotatable bonds is 2. The monoisotopic (exact) mass is 222 g/mol. The van der Waals surface area contributed by atoms with Gasteiger partial charge in [0.1, 0.15) is 0 Å². The number of allylic oxidation sites excluding steroid dienone is 4. The van der Waals surface area contributed by atoms with Crippen LogP contribution in [0.25, 0.3) is 0 Å². The molecule has 0 amide bonds. The molecule has 0 bridgehead atoms. The molecule has 0 aromatic rings. The average molecular weight is 222 g/mol. The summed E-state index contributed by atoms with van der Waals surface area (Å²) >= 11 is 0. The molecule has 0 aromatic carbocycles. The standard InChI is InChI=1S/C8H14.C8H16/c1-7-3-5-8(2)6-4-7;1-7(2)5-6-8(3)4/h3,8H,4-6H2,1-2H3;5,8H,6H2,1-4H3. The third-order valence-corrected chi connectivity index (χ3v) is 2.90. The Morgan fingerprint density at radius 3 is 2.31 bits per heavy atom. The average Bonchev–Trinajstić information content (AvgIpc) is 2.20. The molecule has 0 nitrogen and oxygen atoms in total. The third kappa shape index (κ3) is 10.0. The second-order valence-corrected chi connectivity index (χ2v) is 5.84. The van der Waals surface area contributed by atoms with Crippen molar-refractivity contribution < 1.29 is 0 Å². The summed E-state index contributed by atoms with van der Waals surface area (Å²) in [5, 5.41) is 0. The molecule has 1 unspecified atom stereocenters. The van der Waals surface area contributed by atoms with Crippen molar-refractivity contribution in [1.29, 1.82) is 0 Å². The summed E-state index contributed by atoms with van der Waals surface area (Å²) in [5.74, 6) is 1.75. The first-order chi connectivity index (χ1) is 7.41. The van der Waals surface area contributed by atoms with Crippen molar-refractivity contribution in [3.8, 4) is 0 Å². The predicted octanol–water partition coefficient (Wildman–Crippen LogP) is 5.75. The van der Waals surface area contributed by atoms with Crippen LogP contribution in [0.1, 0.15) is 67.2 Å². The highest BCUT2D eigenvalue weighted by Gasteiger charge is 2.05. The molecule has 1 aliphatic rings. The van der Waals surface area contributed by atoms with Crippen LogP contribution in [-0.4, -0.2) is 0 Å². The zero-order chi connectivity index (χ0) is 12.6. The maximum atomic E-state index is 2.37. The van der Waals surface area contributed by atoms with E-state index in [1.54, 1.807) is 5.57 Å². The van der Waals surface area contributed by atoms with Gasteiger partial charge in [-0.1, -0.05) is 44.1 Å². The van der Waals surface area contributed by atoms with Gasteiger partial charge in [-0.2, -0.15) is 0 Å². The molecule has 0 saturated heterocycles. The van der Waals surface area contributed by atoms with Crippen molar-refractivity contribution in [2.24, 2.45) is 11.8 Å². The van der Waals surface area contributed by atoms with Crippen LogP contribution in [0.3, 0.4) is 0 Å². The molecule has 0 aliphatic heterocycles. The van der Waals surface area contributed by atoms with E-state index in [-0.39, 0.29) is 0 Å². The number of hydrogen-bond donors (Lipinski definition) is 0. The molecule has 0 radical (unpaired) electrons. The quantitative estimate of drug-likeness (QED) is 0.522. The Balaban J connectivity index is 0.000000281. The van der Waals surface area contributed by atoms with E-state index in [2.05, 4.69) is 53.7 Å². The molecular formula is C16H30. The topological polar surface area (TPSA) is 0 Å². The van der Waals surface area contributed by atoms with E-state index in [9.17, 15) is 0 Å². The van der Waals surface area contributed by atoms with Crippen molar-refractivity contribution >= 4 is 0 Å². The van der Waals surface area contributed by atoms with E-state index in [1.807, 2.05) is 0 Å². The van der Waals surface area contributed by atoms with Crippen molar-refractivity contribution in [3.63, 3.8) is 0 Å². The second kappa shape index (κ2) is 8.61. The van der Waals surface area contributed by atoms with Gasteiger partial charge < -0.3 is 0 Å². The molecule has 0 spiro atoms. The highest BCUT2D eigenvalue weighted by atomic mass is 14.1. The molecule has 94 valence electrons. The summed E-state index contributed by atoms with van der Waals surface area (Å²) in [6.45, 7) is 13.3. The van der Waals surface area contributed by atoms with Crippen LogP contribution in [0, 0.1) is 11.8 Å². The van der Waals surface area contributed by atoms with E-state index in [0.29, 0.717) is 0 Å². The molecule has 1 aliphatic carbocycles. The lowest BCUT2D eigenvalue weighted by molar-refractivity contribution is 0.514. The van der Waals surface area contributed by atoms with Crippen molar-refractivity contribution in [3.05, 3.63) is 23.3 Å². The molecule has 0 N–H and O–H groups in total. The minimum Gasteiger partial charge on any atom is -0.0856 e. The molecule has 0 fully saturated rings. The Morgan fingerprint density at radius 2 is 2.06 bits per heavy atom. The Kier molecular flexibility index (Phi) is 8.33. The van der Waals surface area contributed by atoms with E-state index < -0.39 is 0 Å². The van der Waals surface area contributed by atoms with Gasteiger partial charge in [-0.3, -0.25) is 0 Å². The SMILES string of the molecule is CC(C)=CCC(C)C.CC1=CCC(C)CC1.